The topological polar surface area (TPSA) is 103 Å². The molecule has 13 heavy (non-hydrogen) atoms. The van der Waals surface area contributed by atoms with Crippen LogP contribution in [-0.4, -0.2) is 35.5 Å². The second-order valence-corrected chi connectivity index (χ2v) is 2.71. The van der Waals surface area contributed by atoms with Crippen LogP contribution in [0.5, 0.6) is 0 Å². The molecule has 0 spiro atoms. The maximum atomic E-state index is 11.3. The number of nitrogens with one attached hydrogen (secondary N) is 1. The minimum Gasteiger partial charge on any atom is -0.379 e. The van der Waals surface area contributed by atoms with E-state index in [1.54, 1.807) is 0 Å². The fourth-order valence-corrected chi connectivity index (χ4v) is 0.926. The minimum atomic E-state index is -0.382. The molecule has 0 atom stereocenters. The van der Waals surface area contributed by atoms with Crippen LogP contribution in [0.2, 0.25) is 0 Å². The zero-order valence-electron chi connectivity index (χ0n) is 6.69. The number of nitrogens with two attached hydrogens (primary N) is 1. The summed E-state index contributed by atoms with van der Waals surface area (Å²) in [6.07, 6.45) is 0. The third-order valence-corrected chi connectivity index (χ3v) is 1.70. The molecule has 0 saturated carbocycles. The standard InChI is InChI=1S/C6H8N4O3/c7-5-4(9-13-10-5)6(11)8-3-1-12-2-3/h3H,1-2H2,(H2,7,10)(H,8,11). The van der Waals surface area contributed by atoms with E-state index in [4.69, 9.17) is 10.5 Å². The average molecular weight is 184 g/mol. The Labute approximate surface area is 73.2 Å². The summed E-state index contributed by atoms with van der Waals surface area (Å²) in [5.41, 5.74) is 5.34. The largest absolute Gasteiger partial charge is 0.379 e. The average Bonchev–Trinajstić information content (AvgIpc) is 2.43. The first-order valence-corrected chi connectivity index (χ1v) is 3.74. The van der Waals surface area contributed by atoms with Crippen LogP contribution in [0.15, 0.2) is 4.63 Å². The van der Waals surface area contributed by atoms with Gasteiger partial charge in [0, 0.05) is 0 Å². The van der Waals surface area contributed by atoms with E-state index in [-0.39, 0.29) is 23.5 Å². The van der Waals surface area contributed by atoms with Crippen molar-refractivity contribution in [3.8, 4) is 0 Å². The molecule has 0 aromatic carbocycles. The van der Waals surface area contributed by atoms with E-state index in [1.807, 2.05) is 0 Å². The van der Waals surface area contributed by atoms with Crippen LogP contribution >= 0.6 is 0 Å². The van der Waals surface area contributed by atoms with Crippen LogP contribution in [0, 0.1) is 0 Å². The van der Waals surface area contributed by atoms with Gasteiger partial charge in [0.1, 0.15) is 0 Å². The van der Waals surface area contributed by atoms with Crippen LogP contribution in [0.3, 0.4) is 0 Å². The summed E-state index contributed by atoms with van der Waals surface area (Å²) in [5, 5.41) is 9.30. The van der Waals surface area contributed by atoms with E-state index in [0.717, 1.165) is 0 Å². The predicted molar refractivity (Wildman–Crippen MR) is 40.8 cm³/mol. The molecule has 0 bridgehead atoms. The maximum absolute atomic E-state index is 11.3. The van der Waals surface area contributed by atoms with Crippen molar-refractivity contribution in [2.75, 3.05) is 18.9 Å². The molecule has 3 N–H and O–H groups in total. The fourth-order valence-electron chi connectivity index (χ4n) is 0.926. The molecule has 1 amide bonds. The van der Waals surface area contributed by atoms with Gasteiger partial charge in [-0.15, -0.1) is 0 Å². The van der Waals surface area contributed by atoms with E-state index < -0.39 is 0 Å². The molecule has 2 heterocycles. The Morgan fingerprint density at radius 3 is 2.77 bits per heavy atom. The number of carbonyl (C=O) groups is 1. The van der Waals surface area contributed by atoms with Crippen molar-refractivity contribution in [2.24, 2.45) is 0 Å². The Kier molecular flexibility index (Phi) is 1.85. The summed E-state index contributed by atoms with van der Waals surface area (Å²) in [5.74, 6) is -0.384. The Morgan fingerprint density at radius 1 is 1.54 bits per heavy atom. The zero-order chi connectivity index (χ0) is 9.26. The number of amides is 1. The van der Waals surface area contributed by atoms with Gasteiger partial charge in [-0.25, -0.2) is 4.63 Å². The van der Waals surface area contributed by atoms with E-state index in [9.17, 15) is 4.79 Å². The molecule has 0 radical (unpaired) electrons. The van der Waals surface area contributed by atoms with E-state index in [0.29, 0.717) is 13.2 Å². The number of ether oxygens (including phenoxy) is 1. The summed E-state index contributed by atoms with van der Waals surface area (Å²) < 4.78 is 9.16. The molecule has 2 rings (SSSR count). The van der Waals surface area contributed by atoms with Crippen LogP contribution in [0.25, 0.3) is 0 Å². The number of hydrogen-bond donors (Lipinski definition) is 2. The molecule has 0 unspecified atom stereocenters. The molecule has 1 aliphatic rings. The highest BCUT2D eigenvalue weighted by molar-refractivity contribution is 5.96. The first kappa shape index (κ1) is 7.99. The van der Waals surface area contributed by atoms with Crippen molar-refractivity contribution >= 4 is 11.7 Å². The molecule has 7 heteroatoms. The molecular weight excluding hydrogens is 176 g/mol. The second kappa shape index (κ2) is 3.02. The van der Waals surface area contributed by atoms with Gasteiger partial charge < -0.3 is 15.8 Å². The number of nitrogens with zero attached hydrogens (tertiary/aromatic N) is 2. The third-order valence-electron chi connectivity index (χ3n) is 1.70. The lowest BCUT2D eigenvalue weighted by molar-refractivity contribution is -0.00359. The van der Waals surface area contributed by atoms with E-state index in [2.05, 4.69) is 20.3 Å². The zero-order valence-corrected chi connectivity index (χ0v) is 6.69. The first-order valence-electron chi connectivity index (χ1n) is 3.74. The Balaban J connectivity index is 2.00. The van der Waals surface area contributed by atoms with Crippen LogP contribution in [0.4, 0.5) is 5.82 Å². The normalized spacial score (nSPS) is 16.6. The van der Waals surface area contributed by atoms with Crippen molar-refractivity contribution in [3.05, 3.63) is 5.69 Å². The van der Waals surface area contributed by atoms with Gasteiger partial charge in [-0.05, 0) is 10.3 Å². The highest BCUT2D eigenvalue weighted by atomic mass is 16.6. The van der Waals surface area contributed by atoms with Gasteiger partial charge in [0.15, 0.2) is 0 Å². The highest BCUT2D eigenvalue weighted by Crippen LogP contribution is 2.06. The van der Waals surface area contributed by atoms with Crippen molar-refractivity contribution in [3.63, 3.8) is 0 Å². The van der Waals surface area contributed by atoms with Crippen molar-refractivity contribution in [1.29, 1.82) is 0 Å². The van der Waals surface area contributed by atoms with Gasteiger partial charge in [-0.3, -0.25) is 4.79 Å². The van der Waals surface area contributed by atoms with Gasteiger partial charge >= 0.3 is 0 Å². The van der Waals surface area contributed by atoms with Gasteiger partial charge in [-0.2, -0.15) is 0 Å². The summed E-state index contributed by atoms with van der Waals surface area (Å²) in [7, 11) is 0. The number of hydrogen-bond acceptors (Lipinski definition) is 6. The Hall–Kier alpha value is -1.63. The number of aromatic nitrogens is 2. The smallest absolute Gasteiger partial charge is 0.277 e. The van der Waals surface area contributed by atoms with Crippen molar-refractivity contribution < 1.29 is 14.2 Å². The predicted octanol–water partition coefficient (Wildman–Crippen LogP) is -1.22. The third kappa shape index (κ3) is 1.45. The summed E-state index contributed by atoms with van der Waals surface area (Å²) in [6, 6.07) is 0.0450. The SMILES string of the molecule is Nc1nonc1C(=O)NC1COC1. The Morgan fingerprint density at radius 2 is 2.31 bits per heavy atom. The molecule has 7 nitrogen and oxygen atoms in total. The van der Waals surface area contributed by atoms with Crippen molar-refractivity contribution in [1.82, 2.24) is 15.6 Å². The Bertz CT molecular complexity index is 319. The molecule has 0 aliphatic carbocycles. The molecular formula is C6H8N4O3. The highest BCUT2D eigenvalue weighted by Gasteiger charge is 2.24. The molecule has 1 aromatic heterocycles. The van der Waals surface area contributed by atoms with Gasteiger partial charge in [0.05, 0.1) is 19.3 Å². The van der Waals surface area contributed by atoms with Crippen LogP contribution in [-0.2, 0) is 4.74 Å². The molecule has 1 fully saturated rings. The number of rotatable bonds is 2. The number of nitrogen functional groups attached to an aromatic ring is 1. The molecule has 1 saturated heterocycles. The molecule has 1 aromatic rings. The lowest BCUT2D eigenvalue weighted by atomic mass is 10.2. The fraction of sp³-hybridized carbons (Fsp3) is 0.500. The lowest BCUT2D eigenvalue weighted by Gasteiger charge is -2.26. The monoisotopic (exact) mass is 184 g/mol. The maximum Gasteiger partial charge on any atom is 0.277 e. The number of anilines is 1. The molecule has 1 aliphatic heterocycles. The summed E-state index contributed by atoms with van der Waals surface area (Å²) in [6.45, 7) is 1.05. The lowest BCUT2D eigenvalue weighted by Crippen LogP contribution is -2.48. The van der Waals surface area contributed by atoms with E-state index >= 15 is 0 Å². The number of carbonyl (C=O) groups excluding carboxylic acids is 1. The van der Waals surface area contributed by atoms with Gasteiger partial charge in [0.2, 0.25) is 11.5 Å². The summed E-state index contributed by atoms with van der Waals surface area (Å²) in [4.78, 5) is 11.3. The van der Waals surface area contributed by atoms with Crippen LogP contribution < -0.4 is 11.1 Å². The van der Waals surface area contributed by atoms with E-state index in [1.165, 1.54) is 0 Å². The van der Waals surface area contributed by atoms with Gasteiger partial charge in [0.25, 0.3) is 5.91 Å². The summed E-state index contributed by atoms with van der Waals surface area (Å²) >= 11 is 0. The molecule has 70 valence electrons. The quantitative estimate of drug-likeness (QED) is 0.597. The van der Waals surface area contributed by atoms with Gasteiger partial charge in [-0.1, -0.05) is 0 Å². The second-order valence-electron chi connectivity index (χ2n) is 2.71. The van der Waals surface area contributed by atoms with Crippen LogP contribution in [0.1, 0.15) is 10.5 Å². The minimum absolute atomic E-state index is 0.00209. The first-order chi connectivity index (χ1) is 6.27. The van der Waals surface area contributed by atoms with Crippen molar-refractivity contribution in [2.45, 2.75) is 6.04 Å².